The van der Waals surface area contributed by atoms with Crippen molar-refractivity contribution in [3.05, 3.63) is 8.98 Å². The van der Waals surface area contributed by atoms with E-state index in [2.05, 4.69) is 0 Å². The van der Waals surface area contributed by atoms with Crippen LogP contribution in [0.15, 0.2) is 8.98 Å². The fourth-order valence-corrected chi connectivity index (χ4v) is 0. The Morgan fingerprint density at radius 1 is 0.909 bits per heavy atom. The van der Waals surface area contributed by atoms with Crippen molar-refractivity contribution in [3.8, 4) is 0 Å². The SMILES string of the molecule is ClC(Cl)=C(Cl)Cl.ClCC(Cl)Cl. The fourth-order valence-electron chi connectivity index (χ4n) is 0. The third-order valence-electron chi connectivity index (χ3n) is 0.259. The predicted molar refractivity (Wildman–Crippen MR) is 56.7 cm³/mol. The first kappa shape index (κ1) is 15.3. The van der Waals surface area contributed by atoms with Crippen molar-refractivity contribution in [3.63, 3.8) is 0 Å². The highest BCUT2D eigenvalue weighted by Crippen LogP contribution is 2.20. The first-order chi connectivity index (χ1) is 4.91. The third-order valence-corrected chi connectivity index (χ3v) is 2.34. The van der Waals surface area contributed by atoms with E-state index in [1.807, 2.05) is 0 Å². The maximum Gasteiger partial charge on any atom is 0.136 e. The normalized spacial score (nSPS) is 8.73. The summed E-state index contributed by atoms with van der Waals surface area (Å²) in [6.45, 7) is 0. The van der Waals surface area contributed by atoms with Gasteiger partial charge in [-0.15, -0.1) is 34.8 Å². The molecule has 0 atom stereocenters. The van der Waals surface area contributed by atoms with Crippen LogP contribution in [0.1, 0.15) is 0 Å². The van der Waals surface area contributed by atoms with Crippen LogP contribution in [-0.4, -0.2) is 10.7 Å². The minimum absolute atomic E-state index is 0.0988. The van der Waals surface area contributed by atoms with Gasteiger partial charge >= 0.3 is 0 Å². The highest BCUT2D eigenvalue weighted by molar-refractivity contribution is 6.67. The first-order valence-electron chi connectivity index (χ1n) is 2.12. The van der Waals surface area contributed by atoms with Crippen molar-refractivity contribution < 1.29 is 0 Å². The molecule has 0 fully saturated rings. The van der Waals surface area contributed by atoms with Crippen molar-refractivity contribution in [1.29, 1.82) is 0 Å². The molecule has 0 aliphatic carbocycles. The Bertz CT molecular complexity index is 99.6. The molecule has 0 spiro atoms. The lowest BCUT2D eigenvalue weighted by Crippen LogP contribution is -1.82. The van der Waals surface area contributed by atoms with Crippen LogP contribution in [0.3, 0.4) is 0 Å². The number of alkyl halides is 3. The third kappa shape index (κ3) is 18.6. The van der Waals surface area contributed by atoms with E-state index < -0.39 is 4.84 Å². The van der Waals surface area contributed by atoms with Gasteiger partial charge in [-0.3, -0.25) is 0 Å². The lowest BCUT2D eigenvalue weighted by Gasteiger charge is -1.82. The second kappa shape index (κ2) is 9.85. The molecule has 0 aromatic heterocycles. The minimum Gasteiger partial charge on any atom is -0.124 e. The Kier molecular flexibility index (Phi) is 13.7. The molecule has 0 N–H and O–H groups in total. The lowest BCUT2D eigenvalue weighted by molar-refractivity contribution is 1.40. The minimum atomic E-state index is -0.406. The first-order valence-corrected chi connectivity index (χ1v) is 5.04. The van der Waals surface area contributed by atoms with Gasteiger partial charge in [0.05, 0.1) is 5.88 Å². The van der Waals surface area contributed by atoms with Gasteiger partial charge in [-0.2, -0.15) is 0 Å². The van der Waals surface area contributed by atoms with E-state index in [1.54, 1.807) is 0 Å². The molecule has 68 valence electrons. The highest BCUT2D eigenvalue weighted by Gasteiger charge is 1.88. The fraction of sp³-hybridized carbons (Fsp3) is 0.500. The summed E-state index contributed by atoms with van der Waals surface area (Å²) in [5, 5.41) is 0. The predicted octanol–water partition coefficient (Wildman–Crippen LogP) is 5.10. The van der Waals surface area contributed by atoms with Crippen LogP contribution in [-0.2, 0) is 0 Å². The number of hydrogen-bond donors (Lipinski definition) is 0. The van der Waals surface area contributed by atoms with Gasteiger partial charge in [0, 0.05) is 0 Å². The second-order valence-electron chi connectivity index (χ2n) is 1.07. The van der Waals surface area contributed by atoms with Gasteiger partial charge in [0.15, 0.2) is 0 Å². The van der Waals surface area contributed by atoms with Crippen LogP contribution in [0.25, 0.3) is 0 Å². The molecule has 0 unspecified atom stereocenters. The van der Waals surface area contributed by atoms with E-state index in [0.29, 0.717) is 5.88 Å². The van der Waals surface area contributed by atoms with Gasteiger partial charge in [0.2, 0.25) is 0 Å². The molecule has 0 aromatic rings. The Labute approximate surface area is 100 Å². The Balaban J connectivity index is 0. The van der Waals surface area contributed by atoms with Crippen LogP contribution in [0.5, 0.6) is 0 Å². The van der Waals surface area contributed by atoms with E-state index in [1.165, 1.54) is 0 Å². The number of halogens is 7. The second-order valence-corrected chi connectivity index (χ2v) is 4.55. The molecule has 0 radical (unpaired) electrons. The van der Waals surface area contributed by atoms with Crippen LogP contribution in [0, 0.1) is 0 Å². The van der Waals surface area contributed by atoms with E-state index in [4.69, 9.17) is 81.2 Å². The molecule has 0 nitrogen and oxygen atoms in total. The zero-order chi connectivity index (χ0) is 9.44. The van der Waals surface area contributed by atoms with Crippen LogP contribution in [0.4, 0.5) is 0 Å². The summed E-state index contributed by atoms with van der Waals surface area (Å²) >= 11 is 35.2. The highest BCUT2D eigenvalue weighted by atomic mass is 35.5. The quantitative estimate of drug-likeness (QED) is 0.591. The zero-order valence-electron chi connectivity index (χ0n) is 4.93. The molecule has 0 aromatic carbocycles. The van der Waals surface area contributed by atoms with E-state index in [9.17, 15) is 0 Å². The monoisotopic (exact) mass is 296 g/mol. The van der Waals surface area contributed by atoms with Crippen LogP contribution >= 0.6 is 81.2 Å². The largest absolute Gasteiger partial charge is 0.136 e. The van der Waals surface area contributed by atoms with Gasteiger partial charge < -0.3 is 0 Å². The Hall–Kier alpha value is 1.77. The maximum atomic E-state index is 5.10. The molecular weight excluding hydrogens is 296 g/mol. The molecule has 0 amide bonds. The Morgan fingerprint density at radius 3 is 1.09 bits per heavy atom. The number of hydrogen-bond acceptors (Lipinski definition) is 0. The van der Waals surface area contributed by atoms with Crippen molar-refractivity contribution >= 4 is 81.2 Å². The van der Waals surface area contributed by atoms with E-state index in [0.717, 1.165) is 0 Å². The summed E-state index contributed by atoms with van der Waals surface area (Å²) in [4.78, 5) is -0.406. The number of rotatable bonds is 1. The zero-order valence-corrected chi connectivity index (χ0v) is 10.2. The van der Waals surface area contributed by atoms with Gasteiger partial charge in [-0.1, -0.05) is 46.4 Å². The standard InChI is InChI=1S/C2Cl4.C2H3Cl3/c3-1(4)2(5)6;3-1-2(4)5/h;2H,1H2. The van der Waals surface area contributed by atoms with E-state index >= 15 is 0 Å². The lowest BCUT2D eigenvalue weighted by atomic mass is 10.9. The molecule has 0 saturated heterocycles. The molecule has 0 heterocycles. The molecule has 11 heavy (non-hydrogen) atoms. The summed E-state index contributed by atoms with van der Waals surface area (Å²) in [5.74, 6) is 0.309. The molecule has 7 heteroatoms. The molecular formula is C4H3Cl7. The summed E-state index contributed by atoms with van der Waals surface area (Å²) in [7, 11) is 0. The summed E-state index contributed by atoms with van der Waals surface area (Å²) in [6, 6.07) is 0. The molecule has 0 aliphatic rings. The average Bonchev–Trinajstić information content (AvgIpc) is 1.89. The summed E-state index contributed by atoms with van der Waals surface area (Å²) < 4.78 is -0.198. The Morgan fingerprint density at radius 2 is 1.09 bits per heavy atom. The molecule has 0 bridgehead atoms. The van der Waals surface area contributed by atoms with Crippen molar-refractivity contribution in [2.24, 2.45) is 0 Å². The topological polar surface area (TPSA) is 0 Å². The van der Waals surface area contributed by atoms with Gasteiger partial charge in [0.1, 0.15) is 13.8 Å². The molecule has 0 saturated carbocycles. The van der Waals surface area contributed by atoms with Crippen molar-refractivity contribution in [1.82, 2.24) is 0 Å². The van der Waals surface area contributed by atoms with E-state index in [-0.39, 0.29) is 8.98 Å². The maximum absolute atomic E-state index is 5.10. The van der Waals surface area contributed by atoms with Gasteiger partial charge in [-0.05, 0) is 0 Å². The van der Waals surface area contributed by atoms with Crippen molar-refractivity contribution in [2.45, 2.75) is 4.84 Å². The van der Waals surface area contributed by atoms with Gasteiger partial charge in [0.25, 0.3) is 0 Å². The van der Waals surface area contributed by atoms with Gasteiger partial charge in [-0.25, -0.2) is 0 Å². The smallest absolute Gasteiger partial charge is 0.124 e. The van der Waals surface area contributed by atoms with Crippen molar-refractivity contribution in [2.75, 3.05) is 5.88 Å². The molecule has 0 aliphatic heterocycles. The van der Waals surface area contributed by atoms with Crippen LogP contribution < -0.4 is 0 Å². The molecule has 0 rings (SSSR count). The average molecular weight is 299 g/mol. The summed E-state index contributed by atoms with van der Waals surface area (Å²) in [5.41, 5.74) is 0. The summed E-state index contributed by atoms with van der Waals surface area (Å²) in [6.07, 6.45) is 0. The van der Waals surface area contributed by atoms with Crippen LogP contribution in [0.2, 0.25) is 0 Å².